The van der Waals surface area contributed by atoms with Gasteiger partial charge in [0.15, 0.2) is 0 Å². The molecule has 0 radical (unpaired) electrons. The zero-order valence-electron chi connectivity index (χ0n) is 7.49. The molecule has 0 amide bonds. The normalized spacial score (nSPS) is 12.8. The molecular weight excluding hydrogens is 170 g/mol. The van der Waals surface area contributed by atoms with Crippen LogP contribution < -0.4 is 5.73 Å². The lowest BCUT2D eigenvalue weighted by Gasteiger charge is -2.03. The van der Waals surface area contributed by atoms with Crippen LogP contribution in [0.25, 0.3) is 0 Å². The number of hydrogen-bond acceptors (Lipinski definition) is 3. The molecule has 0 fully saturated rings. The molecule has 4 heteroatoms. The van der Waals surface area contributed by atoms with Gasteiger partial charge in [0, 0.05) is 6.42 Å². The maximum absolute atomic E-state index is 10.3. The van der Waals surface area contributed by atoms with Crippen LogP contribution in [0.2, 0.25) is 0 Å². The van der Waals surface area contributed by atoms with Gasteiger partial charge < -0.3 is 15.3 Å². The second-order valence-electron chi connectivity index (χ2n) is 2.86. The van der Waals surface area contributed by atoms with Crippen molar-refractivity contribution < 1.29 is 14.3 Å². The number of carboxylic acids is 1. The Bertz CT molecular complexity index is 293. The monoisotopic (exact) mass is 183 g/mol. The minimum atomic E-state index is -0.915. The summed E-state index contributed by atoms with van der Waals surface area (Å²) in [7, 11) is 0. The van der Waals surface area contributed by atoms with Crippen LogP contribution in [0.3, 0.4) is 0 Å². The van der Waals surface area contributed by atoms with Gasteiger partial charge >= 0.3 is 5.97 Å². The SMILES string of the molecule is CCc1ccc([C@H](N)CC(=O)O)o1. The summed E-state index contributed by atoms with van der Waals surface area (Å²) in [5.41, 5.74) is 5.59. The molecule has 1 aromatic heterocycles. The molecule has 0 bridgehead atoms. The lowest BCUT2D eigenvalue weighted by Crippen LogP contribution is -2.14. The smallest absolute Gasteiger partial charge is 0.305 e. The van der Waals surface area contributed by atoms with Crippen molar-refractivity contribution in [3.8, 4) is 0 Å². The Morgan fingerprint density at radius 1 is 1.69 bits per heavy atom. The molecule has 1 aromatic rings. The van der Waals surface area contributed by atoms with Gasteiger partial charge in [-0.1, -0.05) is 6.92 Å². The molecule has 1 heterocycles. The van der Waals surface area contributed by atoms with E-state index < -0.39 is 12.0 Å². The molecule has 0 aliphatic heterocycles. The number of aliphatic carboxylic acids is 1. The number of carbonyl (C=O) groups is 1. The molecule has 0 saturated carbocycles. The number of nitrogens with two attached hydrogens (primary N) is 1. The molecule has 0 unspecified atom stereocenters. The van der Waals surface area contributed by atoms with E-state index in [0.717, 1.165) is 12.2 Å². The molecule has 1 rings (SSSR count). The van der Waals surface area contributed by atoms with Crippen LogP contribution in [0.5, 0.6) is 0 Å². The highest BCUT2D eigenvalue weighted by atomic mass is 16.4. The second kappa shape index (κ2) is 4.09. The molecule has 72 valence electrons. The van der Waals surface area contributed by atoms with Crippen LogP contribution >= 0.6 is 0 Å². The Kier molecular flexibility index (Phi) is 3.08. The summed E-state index contributed by atoms with van der Waals surface area (Å²) in [6.07, 6.45) is 0.691. The predicted octanol–water partition coefficient (Wildman–Crippen LogP) is 1.32. The first-order chi connectivity index (χ1) is 6.13. The number of furan rings is 1. The average molecular weight is 183 g/mol. The Morgan fingerprint density at radius 3 is 2.85 bits per heavy atom. The summed E-state index contributed by atoms with van der Waals surface area (Å²) in [4.78, 5) is 10.3. The van der Waals surface area contributed by atoms with Crippen molar-refractivity contribution in [2.24, 2.45) is 5.73 Å². The zero-order chi connectivity index (χ0) is 9.84. The second-order valence-corrected chi connectivity index (χ2v) is 2.86. The van der Waals surface area contributed by atoms with Crippen molar-refractivity contribution >= 4 is 5.97 Å². The van der Waals surface area contributed by atoms with E-state index in [-0.39, 0.29) is 6.42 Å². The quantitative estimate of drug-likeness (QED) is 0.738. The van der Waals surface area contributed by atoms with E-state index in [1.54, 1.807) is 6.07 Å². The highest BCUT2D eigenvalue weighted by Gasteiger charge is 2.13. The van der Waals surface area contributed by atoms with Crippen molar-refractivity contribution in [3.05, 3.63) is 23.7 Å². The van der Waals surface area contributed by atoms with E-state index in [0.29, 0.717) is 5.76 Å². The van der Waals surface area contributed by atoms with Crippen LogP contribution in [-0.4, -0.2) is 11.1 Å². The summed E-state index contributed by atoms with van der Waals surface area (Å²) in [5, 5.41) is 8.49. The molecular formula is C9H13NO3. The molecule has 0 aliphatic rings. The van der Waals surface area contributed by atoms with E-state index in [4.69, 9.17) is 15.3 Å². The number of carboxylic acid groups (broad SMARTS) is 1. The molecule has 4 nitrogen and oxygen atoms in total. The number of aryl methyl sites for hydroxylation is 1. The van der Waals surface area contributed by atoms with Gasteiger partial charge in [-0.3, -0.25) is 4.79 Å². The summed E-state index contributed by atoms with van der Waals surface area (Å²) >= 11 is 0. The van der Waals surface area contributed by atoms with Crippen LogP contribution in [0.1, 0.15) is 30.9 Å². The van der Waals surface area contributed by atoms with Gasteiger partial charge in [0.2, 0.25) is 0 Å². The Labute approximate surface area is 76.3 Å². The third-order valence-electron chi connectivity index (χ3n) is 1.79. The Balaban J connectivity index is 2.65. The van der Waals surface area contributed by atoms with Crippen LogP contribution in [0.4, 0.5) is 0 Å². The van der Waals surface area contributed by atoms with Crippen LogP contribution in [0.15, 0.2) is 16.5 Å². The van der Waals surface area contributed by atoms with Crippen LogP contribution in [-0.2, 0) is 11.2 Å². The fourth-order valence-corrected chi connectivity index (χ4v) is 1.07. The van der Waals surface area contributed by atoms with E-state index >= 15 is 0 Å². The molecule has 0 aromatic carbocycles. The van der Waals surface area contributed by atoms with Gasteiger partial charge in [0.1, 0.15) is 11.5 Å². The predicted molar refractivity (Wildman–Crippen MR) is 47.3 cm³/mol. The Hall–Kier alpha value is -1.29. The minimum Gasteiger partial charge on any atom is -0.481 e. The van der Waals surface area contributed by atoms with E-state index in [2.05, 4.69) is 0 Å². The minimum absolute atomic E-state index is 0.101. The van der Waals surface area contributed by atoms with E-state index in [1.807, 2.05) is 13.0 Å². The molecule has 0 aliphatic carbocycles. The fraction of sp³-hybridized carbons (Fsp3) is 0.444. The van der Waals surface area contributed by atoms with E-state index in [9.17, 15) is 4.79 Å². The Morgan fingerprint density at radius 2 is 2.38 bits per heavy atom. The fourth-order valence-electron chi connectivity index (χ4n) is 1.07. The number of hydrogen-bond donors (Lipinski definition) is 2. The molecule has 1 atom stereocenters. The average Bonchev–Trinajstić information content (AvgIpc) is 2.50. The highest BCUT2D eigenvalue weighted by Crippen LogP contribution is 2.17. The van der Waals surface area contributed by atoms with Crippen molar-refractivity contribution in [2.45, 2.75) is 25.8 Å². The first-order valence-corrected chi connectivity index (χ1v) is 4.19. The van der Waals surface area contributed by atoms with E-state index in [1.165, 1.54) is 0 Å². The van der Waals surface area contributed by atoms with Gasteiger partial charge in [-0.15, -0.1) is 0 Å². The van der Waals surface area contributed by atoms with Crippen molar-refractivity contribution in [3.63, 3.8) is 0 Å². The topological polar surface area (TPSA) is 76.5 Å². The number of rotatable bonds is 4. The standard InChI is InChI=1S/C9H13NO3/c1-2-6-3-4-8(13-6)7(10)5-9(11)12/h3-4,7H,2,5,10H2,1H3,(H,11,12)/t7-/m1/s1. The maximum atomic E-state index is 10.3. The van der Waals surface area contributed by atoms with Crippen LogP contribution in [0, 0.1) is 0 Å². The summed E-state index contributed by atoms with van der Waals surface area (Å²) < 4.78 is 5.31. The van der Waals surface area contributed by atoms with Crippen molar-refractivity contribution in [2.75, 3.05) is 0 Å². The third-order valence-corrected chi connectivity index (χ3v) is 1.79. The van der Waals surface area contributed by atoms with Gasteiger partial charge in [-0.25, -0.2) is 0 Å². The molecule has 3 N–H and O–H groups in total. The first-order valence-electron chi connectivity index (χ1n) is 4.19. The van der Waals surface area contributed by atoms with Gasteiger partial charge in [-0.05, 0) is 12.1 Å². The largest absolute Gasteiger partial charge is 0.481 e. The van der Waals surface area contributed by atoms with Crippen molar-refractivity contribution in [1.82, 2.24) is 0 Å². The highest BCUT2D eigenvalue weighted by molar-refractivity contribution is 5.67. The summed E-state index contributed by atoms with van der Waals surface area (Å²) in [6.45, 7) is 1.96. The molecule has 13 heavy (non-hydrogen) atoms. The molecule has 0 spiro atoms. The van der Waals surface area contributed by atoms with Gasteiger partial charge in [0.25, 0.3) is 0 Å². The maximum Gasteiger partial charge on any atom is 0.305 e. The lowest BCUT2D eigenvalue weighted by molar-refractivity contribution is -0.137. The van der Waals surface area contributed by atoms with Crippen molar-refractivity contribution in [1.29, 1.82) is 0 Å². The third kappa shape index (κ3) is 2.59. The zero-order valence-corrected chi connectivity index (χ0v) is 7.49. The van der Waals surface area contributed by atoms with Gasteiger partial charge in [0.05, 0.1) is 12.5 Å². The summed E-state index contributed by atoms with van der Waals surface area (Å²) in [6, 6.07) is 3.00. The lowest BCUT2D eigenvalue weighted by atomic mass is 10.2. The molecule has 0 saturated heterocycles. The first kappa shape index (κ1) is 9.80. The summed E-state index contributed by atoms with van der Waals surface area (Å²) in [5.74, 6) is 0.456. The van der Waals surface area contributed by atoms with Gasteiger partial charge in [-0.2, -0.15) is 0 Å².